The summed E-state index contributed by atoms with van der Waals surface area (Å²) >= 11 is 3.42. The van der Waals surface area contributed by atoms with Crippen LogP contribution in [0.2, 0.25) is 0 Å². The Morgan fingerprint density at radius 3 is 2.55 bits per heavy atom. The van der Waals surface area contributed by atoms with Crippen molar-refractivity contribution in [2.45, 2.75) is 34.1 Å². The van der Waals surface area contributed by atoms with Crippen molar-refractivity contribution in [3.63, 3.8) is 0 Å². The average molecular weight is 335 g/mol. The molecule has 2 aromatic rings. The van der Waals surface area contributed by atoms with E-state index in [4.69, 9.17) is 0 Å². The molecule has 0 aliphatic carbocycles. The fraction of sp³-hybridized carbons (Fsp3) is 0.375. The van der Waals surface area contributed by atoms with Gasteiger partial charge >= 0.3 is 0 Å². The van der Waals surface area contributed by atoms with E-state index in [-0.39, 0.29) is 5.91 Å². The first kappa shape index (κ1) is 15.0. The summed E-state index contributed by atoms with van der Waals surface area (Å²) in [5.74, 6) is 0.455. The number of rotatable bonds is 3. The third kappa shape index (κ3) is 2.85. The molecule has 106 valence electrons. The standard InChI is InChI=1S/C16H19BrN2O/c1-10(2)9-14-11(3)18-19(12(14)4)16(20)13-7-5-6-8-15(13)17/h5-8,10H,9H2,1-4H3. The lowest BCUT2D eigenvalue weighted by atomic mass is 10.0. The molecule has 0 aliphatic rings. The highest BCUT2D eigenvalue weighted by atomic mass is 79.9. The van der Waals surface area contributed by atoms with Gasteiger partial charge in [0.05, 0.1) is 11.3 Å². The minimum atomic E-state index is -0.0897. The van der Waals surface area contributed by atoms with Crippen LogP contribution in [0.5, 0.6) is 0 Å². The molecule has 4 heteroatoms. The summed E-state index contributed by atoms with van der Waals surface area (Å²) < 4.78 is 2.32. The average Bonchev–Trinajstić information content (AvgIpc) is 2.66. The number of benzene rings is 1. The van der Waals surface area contributed by atoms with Gasteiger partial charge in [0.2, 0.25) is 0 Å². The van der Waals surface area contributed by atoms with Crippen molar-refractivity contribution in [1.82, 2.24) is 9.78 Å². The molecule has 0 saturated heterocycles. The molecule has 0 saturated carbocycles. The third-order valence-electron chi connectivity index (χ3n) is 3.35. The maximum Gasteiger partial charge on any atom is 0.279 e. The Morgan fingerprint density at radius 1 is 1.30 bits per heavy atom. The second kappa shape index (κ2) is 5.92. The molecule has 1 aromatic carbocycles. The lowest BCUT2D eigenvalue weighted by molar-refractivity contribution is 0.0941. The molecule has 0 amide bonds. The van der Waals surface area contributed by atoms with Crippen LogP contribution in [0.1, 0.15) is 41.2 Å². The molecular weight excluding hydrogens is 316 g/mol. The Bertz CT molecular complexity index is 644. The monoisotopic (exact) mass is 334 g/mol. The quantitative estimate of drug-likeness (QED) is 0.845. The molecule has 2 rings (SSSR count). The van der Waals surface area contributed by atoms with Crippen LogP contribution in [0, 0.1) is 19.8 Å². The van der Waals surface area contributed by atoms with Crippen molar-refractivity contribution in [3.05, 3.63) is 51.3 Å². The van der Waals surface area contributed by atoms with E-state index in [0.29, 0.717) is 11.5 Å². The van der Waals surface area contributed by atoms with Crippen LogP contribution < -0.4 is 0 Å². The van der Waals surface area contributed by atoms with Gasteiger partial charge in [-0.15, -0.1) is 0 Å². The highest BCUT2D eigenvalue weighted by Gasteiger charge is 2.19. The smallest absolute Gasteiger partial charge is 0.267 e. The molecule has 0 spiro atoms. The fourth-order valence-corrected chi connectivity index (χ4v) is 2.78. The Morgan fingerprint density at radius 2 is 1.95 bits per heavy atom. The van der Waals surface area contributed by atoms with Crippen molar-refractivity contribution in [2.75, 3.05) is 0 Å². The SMILES string of the molecule is Cc1nn(C(=O)c2ccccc2Br)c(C)c1CC(C)C. The zero-order chi connectivity index (χ0) is 14.9. The van der Waals surface area contributed by atoms with Gasteiger partial charge in [0.15, 0.2) is 0 Å². The maximum absolute atomic E-state index is 12.6. The van der Waals surface area contributed by atoms with Gasteiger partial charge in [-0.2, -0.15) is 5.10 Å². The van der Waals surface area contributed by atoms with Gasteiger partial charge in [-0.1, -0.05) is 26.0 Å². The highest BCUT2D eigenvalue weighted by Crippen LogP contribution is 2.21. The van der Waals surface area contributed by atoms with E-state index in [0.717, 1.165) is 22.3 Å². The van der Waals surface area contributed by atoms with E-state index in [9.17, 15) is 4.79 Å². The van der Waals surface area contributed by atoms with E-state index in [2.05, 4.69) is 34.9 Å². The van der Waals surface area contributed by atoms with Gasteiger partial charge < -0.3 is 0 Å². The summed E-state index contributed by atoms with van der Waals surface area (Å²) in [6.45, 7) is 8.28. The van der Waals surface area contributed by atoms with Crippen LogP contribution in [-0.4, -0.2) is 15.7 Å². The van der Waals surface area contributed by atoms with Crippen LogP contribution in [0.15, 0.2) is 28.7 Å². The first-order valence-corrected chi connectivity index (χ1v) is 7.55. The summed E-state index contributed by atoms with van der Waals surface area (Å²) in [6.07, 6.45) is 0.945. The van der Waals surface area contributed by atoms with Crippen molar-refractivity contribution in [3.8, 4) is 0 Å². The number of carbonyl (C=O) groups excluding carboxylic acids is 1. The predicted octanol–water partition coefficient (Wildman–Crippen LogP) is 4.15. The van der Waals surface area contributed by atoms with Gasteiger partial charge in [0.1, 0.15) is 0 Å². The highest BCUT2D eigenvalue weighted by molar-refractivity contribution is 9.10. The summed E-state index contributed by atoms with van der Waals surface area (Å²) in [6, 6.07) is 7.43. The lowest BCUT2D eigenvalue weighted by Crippen LogP contribution is -2.16. The Kier molecular flexibility index (Phi) is 4.43. The molecule has 1 heterocycles. The largest absolute Gasteiger partial charge is 0.279 e. The second-order valence-electron chi connectivity index (χ2n) is 5.44. The minimum Gasteiger partial charge on any atom is -0.267 e. The van der Waals surface area contributed by atoms with Crippen LogP contribution in [-0.2, 0) is 6.42 Å². The molecule has 3 nitrogen and oxygen atoms in total. The number of aryl methyl sites for hydroxylation is 1. The van der Waals surface area contributed by atoms with Gasteiger partial charge in [-0.3, -0.25) is 4.79 Å². The van der Waals surface area contributed by atoms with E-state index in [1.165, 1.54) is 10.2 Å². The normalized spacial score (nSPS) is 11.1. The molecule has 0 N–H and O–H groups in total. The Labute approximate surface area is 128 Å². The van der Waals surface area contributed by atoms with E-state index < -0.39 is 0 Å². The number of hydrogen-bond donors (Lipinski definition) is 0. The number of aromatic nitrogens is 2. The van der Waals surface area contributed by atoms with Gasteiger partial charge in [-0.25, -0.2) is 4.68 Å². The minimum absolute atomic E-state index is 0.0897. The predicted molar refractivity (Wildman–Crippen MR) is 84.1 cm³/mol. The summed E-state index contributed by atoms with van der Waals surface area (Å²) in [5.41, 5.74) is 3.70. The molecular formula is C16H19BrN2O. The van der Waals surface area contributed by atoms with E-state index in [1.54, 1.807) is 0 Å². The molecule has 0 aliphatic heterocycles. The topological polar surface area (TPSA) is 34.9 Å². The number of halogens is 1. The van der Waals surface area contributed by atoms with Gasteiger partial charge in [-0.05, 0) is 59.8 Å². The Balaban J connectivity index is 2.44. The first-order valence-electron chi connectivity index (χ1n) is 6.76. The van der Waals surface area contributed by atoms with Crippen LogP contribution in [0.4, 0.5) is 0 Å². The summed E-state index contributed by atoms with van der Waals surface area (Å²) in [4.78, 5) is 12.6. The number of nitrogens with zero attached hydrogens (tertiary/aromatic N) is 2. The summed E-state index contributed by atoms with van der Waals surface area (Å²) in [7, 11) is 0. The zero-order valence-electron chi connectivity index (χ0n) is 12.3. The van der Waals surface area contributed by atoms with Crippen molar-refractivity contribution >= 4 is 21.8 Å². The zero-order valence-corrected chi connectivity index (χ0v) is 13.9. The van der Waals surface area contributed by atoms with Crippen LogP contribution >= 0.6 is 15.9 Å². The lowest BCUT2D eigenvalue weighted by Gasteiger charge is -2.07. The molecule has 0 bridgehead atoms. The molecule has 0 unspecified atom stereocenters. The second-order valence-corrected chi connectivity index (χ2v) is 6.30. The number of carbonyl (C=O) groups is 1. The molecule has 0 fully saturated rings. The molecule has 1 aromatic heterocycles. The fourth-order valence-electron chi connectivity index (χ4n) is 2.33. The number of hydrogen-bond acceptors (Lipinski definition) is 2. The Hall–Kier alpha value is -1.42. The van der Waals surface area contributed by atoms with Gasteiger partial charge in [0.25, 0.3) is 5.91 Å². The maximum atomic E-state index is 12.6. The molecule has 0 atom stereocenters. The van der Waals surface area contributed by atoms with Gasteiger partial charge in [0, 0.05) is 10.2 Å². The van der Waals surface area contributed by atoms with Crippen LogP contribution in [0.25, 0.3) is 0 Å². The van der Waals surface area contributed by atoms with Crippen LogP contribution in [0.3, 0.4) is 0 Å². The molecule has 20 heavy (non-hydrogen) atoms. The van der Waals surface area contributed by atoms with E-state index in [1.807, 2.05) is 38.1 Å². The summed E-state index contributed by atoms with van der Waals surface area (Å²) in [5, 5.41) is 4.43. The van der Waals surface area contributed by atoms with Crippen molar-refractivity contribution in [2.24, 2.45) is 5.92 Å². The van der Waals surface area contributed by atoms with E-state index >= 15 is 0 Å². The molecule has 0 radical (unpaired) electrons. The van der Waals surface area contributed by atoms with Crippen molar-refractivity contribution in [1.29, 1.82) is 0 Å². The third-order valence-corrected chi connectivity index (χ3v) is 4.04. The first-order chi connectivity index (χ1) is 9.41. The van der Waals surface area contributed by atoms with Crippen molar-refractivity contribution < 1.29 is 4.79 Å².